The largest absolute Gasteiger partial charge is 0.354 e. The first-order valence-corrected chi connectivity index (χ1v) is 10.1. The lowest BCUT2D eigenvalue weighted by atomic mass is 10.0. The van der Waals surface area contributed by atoms with Crippen LogP contribution in [0, 0.1) is 12.8 Å². The van der Waals surface area contributed by atoms with Crippen molar-refractivity contribution in [1.82, 2.24) is 10.2 Å². The number of aryl methyl sites for hydroxylation is 1. The first-order chi connectivity index (χ1) is 13.4. The summed E-state index contributed by atoms with van der Waals surface area (Å²) in [5.74, 6) is 0.262. The van der Waals surface area contributed by atoms with Gasteiger partial charge < -0.3 is 10.2 Å². The molecule has 0 bridgehead atoms. The maximum absolute atomic E-state index is 13.2. The quantitative estimate of drug-likeness (QED) is 0.711. The zero-order valence-corrected chi connectivity index (χ0v) is 17.4. The minimum Gasteiger partial charge on any atom is -0.354 e. The molecular weight excluding hydrogens is 348 g/mol. The van der Waals surface area contributed by atoms with Crippen molar-refractivity contribution in [2.45, 2.75) is 53.1 Å². The maximum atomic E-state index is 13.2. The highest BCUT2D eigenvalue weighted by Crippen LogP contribution is 2.17. The van der Waals surface area contributed by atoms with Crippen molar-refractivity contribution >= 4 is 11.8 Å². The molecule has 0 fully saturated rings. The fraction of sp³-hybridized carbons (Fsp3) is 0.417. The summed E-state index contributed by atoms with van der Waals surface area (Å²) in [5.41, 5.74) is 3.15. The minimum absolute atomic E-state index is 0.0269. The van der Waals surface area contributed by atoms with Crippen LogP contribution in [0.5, 0.6) is 0 Å². The van der Waals surface area contributed by atoms with Crippen LogP contribution in [0.3, 0.4) is 0 Å². The van der Waals surface area contributed by atoms with E-state index in [-0.39, 0.29) is 11.8 Å². The summed E-state index contributed by atoms with van der Waals surface area (Å²) in [5, 5.41) is 3.00. The second-order valence-corrected chi connectivity index (χ2v) is 7.67. The molecule has 150 valence electrons. The van der Waals surface area contributed by atoms with Gasteiger partial charge in [-0.3, -0.25) is 9.59 Å². The number of hydrogen-bond donors (Lipinski definition) is 1. The topological polar surface area (TPSA) is 49.4 Å². The lowest BCUT2D eigenvalue weighted by Gasteiger charge is -2.31. The molecule has 0 saturated heterocycles. The summed E-state index contributed by atoms with van der Waals surface area (Å²) in [4.78, 5) is 27.8. The standard InChI is InChI=1S/C24H32N2O2/c1-5-22(24(28)25-16-18(2)3)26(17-21-14-10-9-11-19(21)4)23(27)15-20-12-7-6-8-13-20/h6-14,18,22H,5,15-17H2,1-4H3,(H,25,28). The molecule has 2 aromatic carbocycles. The Bertz CT molecular complexity index is 771. The summed E-state index contributed by atoms with van der Waals surface area (Å²) in [6.45, 7) is 9.17. The van der Waals surface area contributed by atoms with Crippen LogP contribution < -0.4 is 5.32 Å². The van der Waals surface area contributed by atoms with Gasteiger partial charge in [-0.15, -0.1) is 0 Å². The van der Waals surface area contributed by atoms with E-state index in [9.17, 15) is 9.59 Å². The molecule has 28 heavy (non-hydrogen) atoms. The van der Waals surface area contributed by atoms with E-state index in [1.54, 1.807) is 4.90 Å². The molecule has 0 spiro atoms. The molecule has 4 nitrogen and oxygen atoms in total. The molecule has 0 saturated carbocycles. The van der Waals surface area contributed by atoms with Gasteiger partial charge in [0.15, 0.2) is 0 Å². The molecule has 0 aliphatic rings. The van der Waals surface area contributed by atoms with Crippen molar-refractivity contribution in [3.8, 4) is 0 Å². The van der Waals surface area contributed by atoms with Crippen LogP contribution >= 0.6 is 0 Å². The molecule has 0 aliphatic carbocycles. The van der Waals surface area contributed by atoms with E-state index >= 15 is 0 Å². The Morgan fingerprint density at radius 1 is 1.00 bits per heavy atom. The summed E-state index contributed by atoms with van der Waals surface area (Å²) in [6, 6.07) is 17.2. The van der Waals surface area contributed by atoms with E-state index in [0.29, 0.717) is 31.8 Å². The lowest BCUT2D eigenvalue weighted by Crippen LogP contribution is -2.50. The highest BCUT2D eigenvalue weighted by atomic mass is 16.2. The maximum Gasteiger partial charge on any atom is 0.242 e. The van der Waals surface area contributed by atoms with Gasteiger partial charge in [0.1, 0.15) is 6.04 Å². The molecule has 0 aliphatic heterocycles. The first-order valence-electron chi connectivity index (χ1n) is 10.1. The van der Waals surface area contributed by atoms with Gasteiger partial charge in [0.25, 0.3) is 0 Å². The van der Waals surface area contributed by atoms with Gasteiger partial charge in [-0.2, -0.15) is 0 Å². The molecule has 2 amide bonds. The van der Waals surface area contributed by atoms with E-state index in [0.717, 1.165) is 16.7 Å². The monoisotopic (exact) mass is 380 g/mol. The van der Waals surface area contributed by atoms with E-state index in [2.05, 4.69) is 19.2 Å². The van der Waals surface area contributed by atoms with Gasteiger partial charge in [-0.05, 0) is 36.0 Å². The van der Waals surface area contributed by atoms with Crippen LogP contribution in [0.1, 0.15) is 43.9 Å². The first kappa shape index (κ1) is 21.7. The van der Waals surface area contributed by atoms with E-state index in [1.807, 2.05) is 68.4 Å². The number of nitrogens with one attached hydrogen (secondary N) is 1. The third kappa shape index (κ3) is 6.22. The summed E-state index contributed by atoms with van der Waals surface area (Å²) >= 11 is 0. The second-order valence-electron chi connectivity index (χ2n) is 7.67. The van der Waals surface area contributed by atoms with Crippen molar-refractivity contribution in [3.63, 3.8) is 0 Å². The van der Waals surface area contributed by atoms with Gasteiger partial charge >= 0.3 is 0 Å². The number of rotatable bonds is 9. The Balaban J connectivity index is 2.26. The molecule has 4 heteroatoms. The summed E-state index contributed by atoms with van der Waals surface area (Å²) < 4.78 is 0. The molecule has 1 unspecified atom stereocenters. The SMILES string of the molecule is CCC(C(=O)NCC(C)C)N(Cc1ccccc1C)C(=O)Cc1ccccc1. The van der Waals surface area contributed by atoms with Gasteiger partial charge in [0.2, 0.25) is 11.8 Å². The van der Waals surface area contributed by atoms with Gasteiger partial charge in [0, 0.05) is 13.1 Å². The number of carbonyl (C=O) groups excluding carboxylic acids is 2. The molecular formula is C24H32N2O2. The average molecular weight is 381 g/mol. The Labute approximate surface area is 169 Å². The highest BCUT2D eigenvalue weighted by molar-refractivity contribution is 5.88. The third-order valence-electron chi connectivity index (χ3n) is 4.87. The van der Waals surface area contributed by atoms with Crippen molar-refractivity contribution in [2.24, 2.45) is 5.92 Å². The van der Waals surface area contributed by atoms with Crippen molar-refractivity contribution in [3.05, 3.63) is 71.3 Å². The van der Waals surface area contributed by atoms with Crippen LogP contribution in [-0.4, -0.2) is 29.3 Å². The van der Waals surface area contributed by atoms with Gasteiger partial charge in [-0.1, -0.05) is 75.4 Å². The van der Waals surface area contributed by atoms with Crippen molar-refractivity contribution in [2.75, 3.05) is 6.54 Å². The van der Waals surface area contributed by atoms with Crippen LogP contribution in [0.2, 0.25) is 0 Å². The Hall–Kier alpha value is -2.62. The smallest absolute Gasteiger partial charge is 0.242 e. The number of hydrogen-bond acceptors (Lipinski definition) is 2. The van der Waals surface area contributed by atoms with E-state index in [4.69, 9.17) is 0 Å². The van der Waals surface area contributed by atoms with Crippen LogP contribution in [0.25, 0.3) is 0 Å². The normalized spacial score (nSPS) is 11.9. The Morgan fingerprint density at radius 2 is 1.64 bits per heavy atom. The molecule has 1 atom stereocenters. The van der Waals surface area contributed by atoms with Crippen LogP contribution in [0.4, 0.5) is 0 Å². The summed E-state index contributed by atoms with van der Waals surface area (Å²) in [6.07, 6.45) is 0.872. The molecule has 0 aromatic heterocycles. The number of amides is 2. The number of carbonyl (C=O) groups is 2. The zero-order valence-electron chi connectivity index (χ0n) is 17.4. The Morgan fingerprint density at radius 3 is 2.25 bits per heavy atom. The predicted octanol–water partition coefficient (Wildman–Crippen LogP) is 4.12. The zero-order chi connectivity index (χ0) is 20.5. The molecule has 1 N–H and O–H groups in total. The van der Waals surface area contributed by atoms with Gasteiger partial charge in [0.05, 0.1) is 6.42 Å². The molecule has 2 aromatic rings. The van der Waals surface area contributed by atoms with E-state index < -0.39 is 6.04 Å². The highest BCUT2D eigenvalue weighted by Gasteiger charge is 2.28. The number of benzene rings is 2. The second kappa shape index (κ2) is 10.6. The lowest BCUT2D eigenvalue weighted by molar-refractivity contribution is -0.141. The van der Waals surface area contributed by atoms with Crippen molar-refractivity contribution < 1.29 is 9.59 Å². The molecule has 2 rings (SSSR count). The van der Waals surface area contributed by atoms with Crippen LogP contribution in [-0.2, 0) is 22.6 Å². The summed E-state index contributed by atoms with van der Waals surface area (Å²) in [7, 11) is 0. The molecule has 0 heterocycles. The fourth-order valence-electron chi connectivity index (χ4n) is 3.19. The predicted molar refractivity (Wildman–Crippen MR) is 114 cm³/mol. The average Bonchev–Trinajstić information content (AvgIpc) is 2.68. The van der Waals surface area contributed by atoms with Crippen molar-refractivity contribution in [1.29, 1.82) is 0 Å². The molecule has 0 radical (unpaired) electrons. The number of nitrogens with zero attached hydrogens (tertiary/aromatic N) is 1. The minimum atomic E-state index is -0.477. The fourth-order valence-corrected chi connectivity index (χ4v) is 3.19. The Kier molecular flexibility index (Phi) is 8.24. The third-order valence-corrected chi connectivity index (χ3v) is 4.87. The van der Waals surface area contributed by atoms with Crippen LogP contribution in [0.15, 0.2) is 54.6 Å². The van der Waals surface area contributed by atoms with E-state index in [1.165, 1.54) is 0 Å². The van der Waals surface area contributed by atoms with Gasteiger partial charge in [-0.25, -0.2) is 0 Å².